The fourth-order valence-corrected chi connectivity index (χ4v) is 2.07. The van der Waals surface area contributed by atoms with E-state index in [0.29, 0.717) is 13.2 Å². The Labute approximate surface area is 142 Å². The normalized spacial score (nSPS) is 11.0. The monoisotopic (exact) mass is 338 g/mol. The van der Waals surface area contributed by atoms with Crippen molar-refractivity contribution in [3.8, 4) is 5.75 Å². The second-order valence-electron chi connectivity index (χ2n) is 4.74. The fourth-order valence-electron chi connectivity index (χ4n) is 1.80. The van der Waals surface area contributed by atoms with Crippen molar-refractivity contribution in [2.45, 2.75) is 13.8 Å². The Morgan fingerprint density at radius 1 is 1.35 bits per heavy atom. The summed E-state index contributed by atoms with van der Waals surface area (Å²) >= 11 is 1.78. The van der Waals surface area contributed by atoms with E-state index >= 15 is 0 Å². The first-order valence-corrected chi connectivity index (χ1v) is 9.06. The smallest absolute Gasteiger partial charge is 0.221 e. The molecule has 0 saturated heterocycles. The number of benzene rings is 1. The van der Waals surface area contributed by atoms with E-state index in [1.165, 1.54) is 6.92 Å². The molecule has 0 aliphatic heterocycles. The molecular formula is C16H26N4O2S. The van der Waals surface area contributed by atoms with Crippen molar-refractivity contribution in [2.75, 3.05) is 43.6 Å². The van der Waals surface area contributed by atoms with Crippen molar-refractivity contribution < 1.29 is 9.53 Å². The van der Waals surface area contributed by atoms with Crippen LogP contribution in [0.2, 0.25) is 0 Å². The predicted octanol–water partition coefficient (Wildman–Crippen LogP) is 1.94. The molecule has 0 radical (unpaired) electrons. The first kappa shape index (κ1) is 19.2. The van der Waals surface area contributed by atoms with Crippen LogP contribution >= 0.6 is 11.8 Å². The average molecular weight is 338 g/mol. The molecule has 3 N–H and O–H groups in total. The number of anilines is 1. The number of hydrogen-bond donors (Lipinski definition) is 3. The molecule has 0 spiro atoms. The lowest BCUT2D eigenvalue weighted by Crippen LogP contribution is -2.39. The average Bonchev–Trinajstić information content (AvgIpc) is 2.51. The van der Waals surface area contributed by atoms with Crippen LogP contribution in [0.5, 0.6) is 5.75 Å². The minimum Gasteiger partial charge on any atom is -0.492 e. The molecule has 0 aliphatic carbocycles. The van der Waals surface area contributed by atoms with Crippen molar-refractivity contribution in [2.24, 2.45) is 4.99 Å². The Kier molecular flexibility index (Phi) is 9.70. The number of hydrogen-bond acceptors (Lipinski definition) is 4. The largest absolute Gasteiger partial charge is 0.492 e. The van der Waals surface area contributed by atoms with Gasteiger partial charge in [-0.3, -0.25) is 9.79 Å². The van der Waals surface area contributed by atoms with E-state index in [9.17, 15) is 4.79 Å². The summed E-state index contributed by atoms with van der Waals surface area (Å²) < 4.78 is 5.68. The van der Waals surface area contributed by atoms with Crippen LogP contribution in [-0.2, 0) is 4.79 Å². The number of nitrogens with one attached hydrogen (secondary N) is 3. The van der Waals surface area contributed by atoms with Gasteiger partial charge in [-0.1, -0.05) is 6.07 Å². The number of thioether (sulfide) groups is 1. The number of carbonyl (C=O) groups is 1. The maximum atomic E-state index is 11.0. The van der Waals surface area contributed by atoms with E-state index in [2.05, 4.69) is 27.2 Å². The van der Waals surface area contributed by atoms with E-state index in [1.54, 1.807) is 17.8 Å². The molecule has 0 fully saturated rings. The topological polar surface area (TPSA) is 74.8 Å². The maximum Gasteiger partial charge on any atom is 0.221 e. The van der Waals surface area contributed by atoms with Crippen LogP contribution in [0.25, 0.3) is 0 Å². The zero-order chi connectivity index (χ0) is 16.9. The van der Waals surface area contributed by atoms with E-state index in [-0.39, 0.29) is 5.91 Å². The first-order chi connectivity index (χ1) is 11.2. The highest BCUT2D eigenvalue weighted by molar-refractivity contribution is 7.98. The molecular weight excluding hydrogens is 312 g/mol. The number of carbonyl (C=O) groups excluding carboxylic acids is 1. The van der Waals surface area contributed by atoms with Gasteiger partial charge in [0.15, 0.2) is 5.96 Å². The van der Waals surface area contributed by atoms with Gasteiger partial charge in [-0.05, 0) is 25.3 Å². The van der Waals surface area contributed by atoms with Gasteiger partial charge < -0.3 is 20.7 Å². The second kappa shape index (κ2) is 11.6. The molecule has 0 saturated carbocycles. The summed E-state index contributed by atoms with van der Waals surface area (Å²) in [7, 11) is 0. The number of guanidine groups is 1. The summed E-state index contributed by atoms with van der Waals surface area (Å²) in [6.45, 7) is 6.29. The second-order valence-corrected chi connectivity index (χ2v) is 5.72. The van der Waals surface area contributed by atoms with Gasteiger partial charge >= 0.3 is 0 Å². The van der Waals surface area contributed by atoms with Gasteiger partial charge in [0.05, 0.1) is 13.1 Å². The van der Waals surface area contributed by atoms with Gasteiger partial charge in [-0.25, -0.2) is 0 Å². The van der Waals surface area contributed by atoms with Crippen molar-refractivity contribution >= 4 is 29.3 Å². The molecule has 0 heterocycles. The van der Waals surface area contributed by atoms with Crippen LogP contribution in [0.3, 0.4) is 0 Å². The Hall–Kier alpha value is -1.89. The number of rotatable bonds is 9. The molecule has 0 aliphatic rings. The predicted molar refractivity (Wildman–Crippen MR) is 98.6 cm³/mol. The maximum absolute atomic E-state index is 11.0. The van der Waals surface area contributed by atoms with Crippen molar-refractivity contribution in [1.82, 2.24) is 10.6 Å². The molecule has 7 heteroatoms. The Morgan fingerprint density at radius 2 is 2.17 bits per heavy atom. The van der Waals surface area contributed by atoms with E-state index < -0.39 is 0 Å². The summed E-state index contributed by atoms with van der Waals surface area (Å²) in [6, 6.07) is 7.35. The lowest BCUT2D eigenvalue weighted by Gasteiger charge is -2.12. The van der Waals surface area contributed by atoms with Gasteiger partial charge in [-0.15, -0.1) is 0 Å². The minimum absolute atomic E-state index is 0.0967. The van der Waals surface area contributed by atoms with E-state index in [1.807, 2.05) is 25.1 Å². The van der Waals surface area contributed by atoms with Crippen LogP contribution in [0.1, 0.15) is 13.8 Å². The summed E-state index contributed by atoms with van der Waals surface area (Å²) in [5.41, 5.74) is 0.731. The number of amides is 1. The number of ether oxygens (including phenoxy) is 1. The zero-order valence-corrected chi connectivity index (χ0v) is 14.8. The summed E-state index contributed by atoms with van der Waals surface area (Å²) in [4.78, 5) is 15.5. The quantitative estimate of drug-likeness (QED) is 0.364. The molecule has 6 nitrogen and oxygen atoms in total. The standard InChI is InChI=1S/C16H26N4O2S/c1-4-17-16(19-9-11-23-3)18-8-10-22-15-7-5-6-14(12-15)20-13(2)21/h5-7,12H,4,8-11H2,1-3H3,(H,20,21)(H2,17,18,19). The SMILES string of the molecule is CCNC(=NCCSC)NCCOc1cccc(NC(C)=O)c1. The Morgan fingerprint density at radius 3 is 2.87 bits per heavy atom. The summed E-state index contributed by atoms with van der Waals surface area (Å²) in [6.07, 6.45) is 2.07. The van der Waals surface area contributed by atoms with Gasteiger partial charge in [0.25, 0.3) is 0 Å². The van der Waals surface area contributed by atoms with Crippen LogP contribution in [0.4, 0.5) is 5.69 Å². The fraction of sp³-hybridized carbons (Fsp3) is 0.500. The van der Waals surface area contributed by atoms with Crippen molar-refractivity contribution in [1.29, 1.82) is 0 Å². The Bertz CT molecular complexity index is 509. The van der Waals surface area contributed by atoms with Gasteiger partial charge in [0.1, 0.15) is 12.4 Å². The van der Waals surface area contributed by atoms with E-state index in [0.717, 1.165) is 36.2 Å². The number of nitrogens with zero attached hydrogens (tertiary/aromatic N) is 1. The summed E-state index contributed by atoms with van der Waals surface area (Å²) in [5.74, 6) is 2.43. The molecule has 1 aromatic rings. The van der Waals surface area contributed by atoms with Crippen LogP contribution in [-0.4, -0.2) is 50.1 Å². The molecule has 23 heavy (non-hydrogen) atoms. The summed E-state index contributed by atoms with van der Waals surface area (Å²) in [5, 5.41) is 9.16. The third kappa shape index (κ3) is 8.97. The van der Waals surface area contributed by atoms with Crippen LogP contribution < -0.4 is 20.7 Å². The van der Waals surface area contributed by atoms with Gasteiger partial charge in [0, 0.05) is 31.0 Å². The molecule has 128 valence electrons. The lowest BCUT2D eigenvalue weighted by atomic mass is 10.3. The number of aliphatic imine (C=N–C) groups is 1. The molecule has 0 aromatic heterocycles. The van der Waals surface area contributed by atoms with E-state index in [4.69, 9.17) is 4.74 Å². The third-order valence-electron chi connectivity index (χ3n) is 2.73. The van der Waals surface area contributed by atoms with Crippen molar-refractivity contribution in [3.63, 3.8) is 0 Å². The van der Waals surface area contributed by atoms with Gasteiger partial charge in [0.2, 0.25) is 5.91 Å². The molecule has 0 bridgehead atoms. The highest BCUT2D eigenvalue weighted by Crippen LogP contribution is 2.16. The Balaban J connectivity index is 2.37. The highest BCUT2D eigenvalue weighted by atomic mass is 32.2. The molecule has 1 amide bonds. The highest BCUT2D eigenvalue weighted by Gasteiger charge is 2.00. The molecule has 1 rings (SSSR count). The minimum atomic E-state index is -0.0967. The van der Waals surface area contributed by atoms with Crippen LogP contribution in [0, 0.1) is 0 Å². The zero-order valence-electron chi connectivity index (χ0n) is 14.0. The molecule has 1 aromatic carbocycles. The van der Waals surface area contributed by atoms with Crippen molar-refractivity contribution in [3.05, 3.63) is 24.3 Å². The molecule has 0 atom stereocenters. The lowest BCUT2D eigenvalue weighted by molar-refractivity contribution is -0.114. The van der Waals surface area contributed by atoms with Gasteiger partial charge in [-0.2, -0.15) is 11.8 Å². The third-order valence-corrected chi connectivity index (χ3v) is 3.32. The molecule has 0 unspecified atom stereocenters. The first-order valence-electron chi connectivity index (χ1n) is 7.67. The van der Waals surface area contributed by atoms with Crippen LogP contribution in [0.15, 0.2) is 29.3 Å².